The number of carbonyl (C=O) groups is 1. The molecule has 104 valence electrons. The molecule has 2 saturated heterocycles. The second-order valence-electron chi connectivity index (χ2n) is 6.87. The normalized spacial score (nSPS) is 29.4. The molecule has 0 aromatic heterocycles. The lowest BCUT2D eigenvalue weighted by atomic mass is 9.86. The van der Waals surface area contributed by atoms with Gasteiger partial charge >= 0.3 is 6.03 Å². The van der Waals surface area contributed by atoms with Gasteiger partial charge in [0.25, 0.3) is 0 Å². The van der Waals surface area contributed by atoms with Gasteiger partial charge in [-0.3, -0.25) is 0 Å². The zero-order chi connectivity index (χ0) is 13.3. The number of urea groups is 1. The summed E-state index contributed by atoms with van der Waals surface area (Å²) in [5, 5.41) is 3.39. The Hall–Kier alpha value is -0.770. The summed E-state index contributed by atoms with van der Waals surface area (Å²) in [5.41, 5.74) is 0.161. The molecule has 0 spiro atoms. The topological polar surface area (TPSA) is 35.6 Å². The van der Waals surface area contributed by atoms with Crippen LogP contribution >= 0.6 is 0 Å². The lowest BCUT2D eigenvalue weighted by Crippen LogP contribution is -2.39. The van der Waals surface area contributed by atoms with Crippen molar-refractivity contribution in [3.63, 3.8) is 0 Å². The summed E-state index contributed by atoms with van der Waals surface area (Å²) < 4.78 is 0. The summed E-state index contributed by atoms with van der Waals surface area (Å²) in [6, 6.07) is 0.549. The van der Waals surface area contributed by atoms with Crippen LogP contribution in [0.5, 0.6) is 0 Å². The predicted molar refractivity (Wildman–Crippen MR) is 73.6 cm³/mol. The van der Waals surface area contributed by atoms with Crippen molar-refractivity contribution < 1.29 is 4.79 Å². The van der Waals surface area contributed by atoms with E-state index < -0.39 is 0 Å². The van der Waals surface area contributed by atoms with Gasteiger partial charge in [-0.1, -0.05) is 20.8 Å². The predicted octanol–water partition coefficient (Wildman–Crippen LogP) is 1.77. The molecule has 2 unspecified atom stereocenters. The van der Waals surface area contributed by atoms with Gasteiger partial charge in [-0.05, 0) is 37.3 Å². The van der Waals surface area contributed by atoms with Gasteiger partial charge in [-0.2, -0.15) is 0 Å². The Morgan fingerprint density at radius 3 is 2.61 bits per heavy atom. The van der Waals surface area contributed by atoms with E-state index in [9.17, 15) is 4.79 Å². The van der Waals surface area contributed by atoms with Crippen molar-refractivity contribution in [3.8, 4) is 0 Å². The molecule has 2 fully saturated rings. The Bertz CT molecular complexity index is 305. The van der Waals surface area contributed by atoms with Crippen LogP contribution in [0.15, 0.2) is 0 Å². The number of amides is 2. The molecule has 0 aromatic rings. The van der Waals surface area contributed by atoms with Gasteiger partial charge in [0, 0.05) is 20.1 Å². The minimum atomic E-state index is 0.161. The highest BCUT2D eigenvalue weighted by Crippen LogP contribution is 2.30. The molecule has 4 heteroatoms. The molecule has 2 aliphatic rings. The third kappa shape index (κ3) is 2.79. The molecular weight excluding hydrogens is 226 g/mol. The van der Waals surface area contributed by atoms with Gasteiger partial charge in [0.1, 0.15) is 0 Å². The maximum Gasteiger partial charge on any atom is 0.320 e. The highest BCUT2D eigenvalue weighted by atomic mass is 16.2. The summed E-state index contributed by atoms with van der Waals surface area (Å²) in [5.74, 6) is 0.761. The van der Waals surface area contributed by atoms with Crippen molar-refractivity contribution in [2.24, 2.45) is 11.3 Å². The third-order valence-corrected chi connectivity index (χ3v) is 4.40. The fraction of sp³-hybridized carbons (Fsp3) is 0.929. The van der Waals surface area contributed by atoms with E-state index in [1.165, 1.54) is 6.42 Å². The second kappa shape index (κ2) is 5.08. The number of likely N-dealkylation sites (N-methyl/N-ethyl adjacent to an activating group) is 1. The van der Waals surface area contributed by atoms with E-state index in [0.717, 1.165) is 38.5 Å². The lowest BCUT2D eigenvalue weighted by molar-refractivity contribution is 0.172. The van der Waals surface area contributed by atoms with Crippen LogP contribution in [0.1, 0.15) is 33.6 Å². The Labute approximate surface area is 111 Å². The standard InChI is InChI=1S/C14H27N3O/c1-14(2,3)12-10-17(13(18)16(12)4)8-6-11-5-7-15-9-11/h11-12,15H,5-10H2,1-4H3. The average Bonchev–Trinajstić information content (AvgIpc) is 2.86. The Morgan fingerprint density at radius 1 is 1.39 bits per heavy atom. The van der Waals surface area contributed by atoms with E-state index in [1.807, 2.05) is 16.8 Å². The quantitative estimate of drug-likeness (QED) is 0.832. The van der Waals surface area contributed by atoms with Crippen molar-refractivity contribution in [1.29, 1.82) is 0 Å². The maximum absolute atomic E-state index is 12.2. The summed E-state index contributed by atoms with van der Waals surface area (Å²) in [6.45, 7) is 10.7. The zero-order valence-electron chi connectivity index (χ0n) is 12.2. The molecule has 0 bridgehead atoms. The molecule has 2 amide bonds. The second-order valence-corrected chi connectivity index (χ2v) is 6.87. The van der Waals surface area contributed by atoms with Gasteiger partial charge in [0.05, 0.1) is 6.04 Å². The molecule has 2 heterocycles. The highest BCUT2D eigenvalue weighted by molar-refractivity contribution is 5.77. The average molecular weight is 253 g/mol. The van der Waals surface area contributed by atoms with Crippen LogP contribution in [0.25, 0.3) is 0 Å². The number of nitrogens with one attached hydrogen (secondary N) is 1. The molecule has 4 nitrogen and oxygen atoms in total. The van der Waals surface area contributed by atoms with Crippen molar-refractivity contribution in [2.75, 3.05) is 33.2 Å². The summed E-state index contributed by atoms with van der Waals surface area (Å²) in [6.07, 6.45) is 2.41. The summed E-state index contributed by atoms with van der Waals surface area (Å²) >= 11 is 0. The van der Waals surface area contributed by atoms with Crippen LogP contribution < -0.4 is 5.32 Å². The van der Waals surface area contributed by atoms with Crippen molar-refractivity contribution in [3.05, 3.63) is 0 Å². The number of nitrogens with zero attached hydrogens (tertiary/aromatic N) is 2. The first kappa shape index (κ1) is 13.7. The van der Waals surface area contributed by atoms with Crippen LogP contribution in [0.4, 0.5) is 4.79 Å². The summed E-state index contributed by atoms with van der Waals surface area (Å²) in [4.78, 5) is 16.2. The van der Waals surface area contributed by atoms with Gasteiger partial charge in [0.15, 0.2) is 0 Å². The Balaban J connectivity index is 1.88. The maximum atomic E-state index is 12.2. The third-order valence-electron chi connectivity index (χ3n) is 4.40. The number of carbonyl (C=O) groups excluding carboxylic acids is 1. The molecule has 0 aliphatic carbocycles. The summed E-state index contributed by atoms with van der Waals surface area (Å²) in [7, 11) is 1.94. The van der Waals surface area contributed by atoms with Crippen LogP contribution in [-0.4, -0.2) is 55.1 Å². The first-order valence-electron chi connectivity index (χ1n) is 7.12. The fourth-order valence-electron chi connectivity index (χ4n) is 3.11. The van der Waals surface area contributed by atoms with E-state index in [0.29, 0.717) is 6.04 Å². The van der Waals surface area contributed by atoms with Crippen LogP contribution in [0.2, 0.25) is 0 Å². The number of hydrogen-bond donors (Lipinski definition) is 1. The lowest BCUT2D eigenvalue weighted by Gasteiger charge is -2.31. The zero-order valence-corrected chi connectivity index (χ0v) is 12.2. The van der Waals surface area contributed by atoms with E-state index in [4.69, 9.17) is 0 Å². The molecule has 2 atom stereocenters. The van der Waals surface area contributed by atoms with Gasteiger partial charge in [0.2, 0.25) is 0 Å². The van der Waals surface area contributed by atoms with Gasteiger partial charge in [-0.25, -0.2) is 4.79 Å². The van der Waals surface area contributed by atoms with Crippen LogP contribution in [0.3, 0.4) is 0 Å². The SMILES string of the molecule is CN1C(=O)N(CCC2CCNC2)CC1C(C)(C)C. The first-order chi connectivity index (χ1) is 8.39. The van der Waals surface area contributed by atoms with E-state index in [2.05, 4.69) is 26.1 Å². The number of hydrogen-bond acceptors (Lipinski definition) is 2. The monoisotopic (exact) mass is 253 g/mol. The number of rotatable bonds is 3. The minimum absolute atomic E-state index is 0.161. The first-order valence-corrected chi connectivity index (χ1v) is 7.12. The molecular formula is C14H27N3O. The van der Waals surface area contributed by atoms with E-state index in [1.54, 1.807) is 0 Å². The molecule has 0 aromatic carbocycles. The fourth-order valence-corrected chi connectivity index (χ4v) is 3.11. The van der Waals surface area contributed by atoms with Crippen molar-refractivity contribution >= 4 is 6.03 Å². The smallest absolute Gasteiger partial charge is 0.320 e. The molecule has 18 heavy (non-hydrogen) atoms. The van der Waals surface area contributed by atoms with Crippen LogP contribution in [0, 0.1) is 11.3 Å². The minimum Gasteiger partial charge on any atom is -0.323 e. The van der Waals surface area contributed by atoms with Crippen molar-refractivity contribution in [1.82, 2.24) is 15.1 Å². The van der Waals surface area contributed by atoms with Crippen molar-refractivity contribution in [2.45, 2.75) is 39.7 Å². The van der Waals surface area contributed by atoms with Gasteiger partial charge < -0.3 is 15.1 Å². The highest BCUT2D eigenvalue weighted by Gasteiger charge is 2.40. The molecule has 0 radical (unpaired) electrons. The molecule has 2 aliphatic heterocycles. The molecule has 0 saturated carbocycles. The molecule has 1 N–H and O–H groups in total. The molecule has 2 rings (SSSR count). The van der Waals surface area contributed by atoms with Gasteiger partial charge in [-0.15, -0.1) is 0 Å². The largest absolute Gasteiger partial charge is 0.323 e. The Kier molecular flexibility index (Phi) is 3.85. The van der Waals surface area contributed by atoms with E-state index in [-0.39, 0.29) is 11.4 Å². The van der Waals surface area contributed by atoms with Crippen LogP contribution in [-0.2, 0) is 0 Å². The Morgan fingerprint density at radius 2 is 2.11 bits per heavy atom. The van der Waals surface area contributed by atoms with E-state index >= 15 is 0 Å².